The predicted molar refractivity (Wildman–Crippen MR) is 102 cm³/mol. The number of aryl methyl sites for hydroxylation is 1. The molecule has 1 unspecified atom stereocenters. The van der Waals surface area contributed by atoms with Crippen LogP contribution in [-0.2, 0) is 24.3 Å². The Balaban J connectivity index is 1.55. The summed E-state index contributed by atoms with van der Waals surface area (Å²) in [5.41, 5.74) is 4.99. The number of likely N-dealkylation sites (tertiary alicyclic amines) is 1. The second kappa shape index (κ2) is 6.38. The van der Waals surface area contributed by atoms with Gasteiger partial charge in [-0.15, -0.1) is 0 Å². The molecule has 5 heteroatoms. The van der Waals surface area contributed by atoms with Gasteiger partial charge < -0.3 is 9.47 Å². The van der Waals surface area contributed by atoms with Crippen LogP contribution in [0.5, 0.6) is 0 Å². The first-order valence-electron chi connectivity index (χ1n) is 10.2. The second-order valence-corrected chi connectivity index (χ2v) is 8.31. The molecule has 2 aromatic rings. The minimum absolute atomic E-state index is 0.264. The third-order valence-electron chi connectivity index (χ3n) is 6.55. The quantitative estimate of drug-likeness (QED) is 0.834. The summed E-state index contributed by atoms with van der Waals surface area (Å²) in [6.45, 7) is 6.63. The maximum atomic E-state index is 13.0. The molecule has 0 spiro atoms. The molecule has 1 amide bonds. The van der Waals surface area contributed by atoms with E-state index in [-0.39, 0.29) is 5.91 Å². The van der Waals surface area contributed by atoms with E-state index in [9.17, 15) is 4.79 Å². The highest BCUT2D eigenvalue weighted by molar-refractivity contribution is 5.85. The number of rotatable bonds is 2. The standard InChI is InChI=1S/C21H28N4O/c1-15-10-17-18-13-24-9-5-6-16(24)11-19(18)25(21(17)22-12-15)14-20(26)23-7-3-2-4-8-23/h10,12,16H,2-9,11,13-14H2,1H3. The third kappa shape index (κ3) is 2.64. The van der Waals surface area contributed by atoms with E-state index < -0.39 is 0 Å². The summed E-state index contributed by atoms with van der Waals surface area (Å²) in [4.78, 5) is 22.4. The minimum Gasteiger partial charge on any atom is -0.341 e. The molecule has 0 radical (unpaired) electrons. The van der Waals surface area contributed by atoms with Crippen molar-refractivity contribution in [2.75, 3.05) is 19.6 Å². The van der Waals surface area contributed by atoms with Crippen LogP contribution in [-0.4, -0.2) is 50.9 Å². The molecule has 0 aromatic carbocycles. The van der Waals surface area contributed by atoms with Crippen molar-refractivity contribution in [3.05, 3.63) is 29.1 Å². The Kier molecular flexibility index (Phi) is 4.00. The lowest BCUT2D eigenvalue weighted by Crippen LogP contribution is -2.39. The van der Waals surface area contributed by atoms with E-state index in [2.05, 4.69) is 27.4 Å². The lowest BCUT2D eigenvalue weighted by atomic mass is 9.99. The summed E-state index contributed by atoms with van der Waals surface area (Å²) in [5, 5.41) is 1.26. The number of fused-ring (bicyclic) bond motifs is 4. The van der Waals surface area contributed by atoms with Gasteiger partial charge in [-0.2, -0.15) is 0 Å². The number of pyridine rings is 1. The molecule has 0 N–H and O–H groups in total. The lowest BCUT2D eigenvalue weighted by molar-refractivity contribution is -0.132. The SMILES string of the molecule is Cc1cnc2c(c1)c1c(n2CC(=O)N2CCCCC2)CC2CCCN2C1. The summed E-state index contributed by atoms with van der Waals surface area (Å²) in [7, 11) is 0. The zero-order valence-electron chi connectivity index (χ0n) is 15.7. The fourth-order valence-electron chi connectivity index (χ4n) is 5.16. The maximum Gasteiger partial charge on any atom is 0.242 e. The van der Waals surface area contributed by atoms with Crippen molar-refractivity contribution >= 4 is 16.9 Å². The van der Waals surface area contributed by atoms with E-state index in [0.29, 0.717) is 12.6 Å². The van der Waals surface area contributed by atoms with Gasteiger partial charge in [0.15, 0.2) is 0 Å². The number of nitrogens with zero attached hydrogens (tertiary/aromatic N) is 4. The highest BCUT2D eigenvalue weighted by Gasteiger charge is 2.34. The predicted octanol–water partition coefficient (Wildman–Crippen LogP) is 2.88. The van der Waals surface area contributed by atoms with Crippen LogP contribution in [0.2, 0.25) is 0 Å². The van der Waals surface area contributed by atoms with Crippen molar-refractivity contribution < 1.29 is 4.79 Å². The van der Waals surface area contributed by atoms with Crippen molar-refractivity contribution in [1.82, 2.24) is 19.4 Å². The number of carbonyl (C=O) groups is 1. The molecular weight excluding hydrogens is 324 g/mol. The molecule has 2 saturated heterocycles. The van der Waals surface area contributed by atoms with Crippen LogP contribution < -0.4 is 0 Å². The van der Waals surface area contributed by atoms with Crippen LogP contribution in [0, 0.1) is 6.92 Å². The van der Waals surface area contributed by atoms with Gasteiger partial charge in [-0.25, -0.2) is 4.98 Å². The summed E-state index contributed by atoms with van der Waals surface area (Å²) in [6.07, 6.45) is 9.14. The number of piperidine rings is 1. The molecular formula is C21H28N4O. The summed E-state index contributed by atoms with van der Waals surface area (Å²) < 4.78 is 2.25. The molecule has 1 atom stereocenters. The first-order valence-corrected chi connectivity index (χ1v) is 10.2. The van der Waals surface area contributed by atoms with Crippen molar-refractivity contribution in [2.24, 2.45) is 0 Å². The molecule has 26 heavy (non-hydrogen) atoms. The Morgan fingerprint density at radius 1 is 1.19 bits per heavy atom. The van der Waals surface area contributed by atoms with Crippen LogP contribution in [0.15, 0.2) is 12.3 Å². The van der Waals surface area contributed by atoms with Gasteiger partial charge in [-0.3, -0.25) is 9.69 Å². The fraction of sp³-hybridized carbons (Fsp3) is 0.619. The van der Waals surface area contributed by atoms with Gasteiger partial charge in [-0.05, 0) is 62.8 Å². The monoisotopic (exact) mass is 352 g/mol. The smallest absolute Gasteiger partial charge is 0.242 e. The van der Waals surface area contributed by atoms with E-state index in [0.717, 1.165) is 44.5 Å². The van der Waals surface area contributed by atoms with Crippen LogP contribution >= 0.6 is 0 Å². The Hall–Kier alpha value is -1.88. The van der Waals surface area contributed by atoms with E-state index in [4.69, 9.17) is 4.98 Å². The van der Waals surface area contributed by atoms with Crippen molar-refractivity contribution in [3.63, 3.8) is 0 Å². The second-order valence-electron chi connectivity index (χ2n) is 8.31. The van der Waals surface area contributed by atoms with Gasteiger partial charge in [0.2, 0.25) is 5.91 Å². The van der Waals surface area contributed by atoms with Crippen LogP contribution in [0.4, 0.5) is 0 Å². The van der Waals surface area contributed by atoms with E-state index >= 15 is 0 Å². The number of aromatic nitrogens is 2. The van der Waals surface area contributed by atoms with Gasteiger partial charge >= 0.3 is 0 Å². The van der Waals surface area contributed by atoms with E-state index in [1.165, 1.54) is 48.0 Å². The fourth-order valence-corrected chi connectivity index (χ4v) is 5.16. The molecule has 3 aliphatic rings. The Labute approximate surface area is 155 Å². The average molecular weight is 352 g/mol. The molecule has 138 valence electrons. The molecule has 5 heterocycles. The lowest BCUT2D eigenvalue weighted by Gasteiger charge is -2.31. The topological polar surface area (TPSA) is 41.4 Å². The van der Waals surface area contributed by atoms with Gasteiger partial charge in [0, 0.05) is 49.4 Å². The Morgan fingerprint density at radius 3 is 2.88 bits per heavy atom. The minimum atomic E-state index is 0.264. The molecule has 2 aromatic heterocycles. The first-order chi connectivity index (χ1) is 12.7. The third-order valence-corrected chi connectivity index (χ3v) is 6.55. The van der Waals surface area contributed by atoms with Crippen molar-refractivity contribution in [3.8, 4) is 0 Å². The Morgan fingerprint density at radius 2 is 2.04 bits per heavy atom. The van der Waals surface area contributed by atoms with Gasteiger partial charge in [0.1, 0.15) is 12.2 Å². The molecule has 0 aliphatic carbocycles. The zero-order valence-corrected chi connectivity index (χ0v) is 15.7. The van der Waals surface area contributed by atoms with Gasteiger partial charge in [-0.1, -0.05) is 0 Å². The summed E-state index contributed by atoms with van der Waals surface area (Å²) in [6, 6.07) is 2.91. The van der Waals surface area contributed by atoms with Crippen LogP contribution in [0.1, 0.15) is 48.9 Å². The molecule has 5 rings (SSSR count). The normalized spacial score (nSPS) is 23.3. The molecule has 0 bridgehead atoms. The molecule has 2 fully saturated rings. The van der Waals surface area contributed by atoms with E-state index in [1.807, 2.05) is 6.20 Å². The first kappa shape index (κ1) is 16.3. The highest BCUT2D eigenvalue weighted by atomic mass is 16.2. The maximum absolute atomic E-state index is 13.0. The van der Waals surface area contributed by atoms with Crippen LogP contribution in [0.25, 0.3) is 11.0 Å². The van der Waals surface area contributed by atoms with Gasteiger partial charge in [0.25, 0.3) is 0 Å². The number of amides is 1. The number of carbonyl (C=O) groups excluding carboxylic acids is 1. The number of hydrogen-bond donors (Lipinski definition) is 0. The summed E-state index contributed by atoms with van der Waals surface area (Å²) in [5.74, 6) is 0.264. The van der Waals surface area contributed by atoms with Crippen molar-refractivity contribution in [1.29, 1.82) is 0 Å². The van der Waals surface area contributed by atoms with E-state index in [1.54, 1.807) is 0 Å². The largest absolute Gasteiger partial charge is 0.341 e. The summed E-state index contributed by atoms with van der Waals surface area (Å²) >= 11 is 0. The highest BCUT2D eigenvalue weighted by Crippen LogP contribution is 2.36. The molecule has 5 nitrogen and oxygen atoms in total. The molecule has 0 saturated carbocycles. The number of hydrogen-bond acceptors (Lipinski definition) is 3. The van der Waals surface area contributed by atoms with Crippen molar-refractivity contribution in [2.45, 2.75) is 64.6 Å². The Bertz CT molecular complexity index is 849. The zero-order chi connectivity index (χ0) is 17.7. The van der Waals surface area contributed by atoms with Crippen LogP contribution in [0.3, 0.4) is 0 Å². The average Bonchev–Trinajstić information content (AvgIpc) is 3.23. The van der Waals surface area contributed by atoms with Gasteiger partial charge in [0.05, 0.1) is 0 Å². The molecule has 3 aliphatic heterocycles.